The third-order valence-electron chi connectivity index (χ3n) is 3.03. The number of hydrogen-bond donors (Lipinski definition) is 1. The fourth-order valence-electron chi connectivity index (χ4n) is 2.09. The highest BCUT2D eigenvalue weighted by molar-refractivity contribution is 7.84. The van der Waals surface area contributed by atoms with Gasteiger partial charge in [-0.1, -0.05) is 31.0 Å². The molecular formula is C12H17NOS. The molecule has 15 heavy (non-hydrogen) atoms. The Balaban J connectivity index is 2.02. The minimum Gasteiger partial charge on any atom is -0.398 e. The zero-order valence-electron chi connectivity index (χ0n) is 8.82. The van der Waals surface area contributed by atoms with E-state index in [9.17, 15) is 4.21 Å². The molecule has 1 aliphatic rings. The highest BCUT2D eigenvalue weighted by atomic mass is 32.2. The number of hydrogen-bond acceptors (Lipinski definition) is 2. The fraction of sp³-hybridized carbons (Fsp3) is 0.500. The molecule has 0 saturated heterocycles. The van der Waals surface area contributed by atoms with Crippen molar-refractivity contribution in [2.24, 2.45) is 0 Å². The van der Waals surface area contributed by atoms with E-state index in [0.29, 0.717) is 11.0 Å². The summed E-state index contributed by atoms with van der Waals surface area (Å²) < 4.78 is 12.0. The molecule has 0 aliphatic heterocycles. The van der Waals surface area contributed by atoms with Gasteiger partial charge in [-0.25, -0.2) is 0 Å². The van der Waals surface area contributed by atoms with E-state index in [1.54, 1.807) is 0 Å². The summed E-state index contributed by atoms with van der Waals surface area (Å²) in [5.74, 6) is 0.622. The first-order valence-electron chi connectivity index (χ1n) is 5.48. The van der Waals surface area contributed by atoms with Crippen LogP contribution in [0.15, 0.2) is 24.3 Å². The molecule has 1 saturated carbocycles. The van der Waals surface area contributed by atoms with Crippen molar-refractivity contribution in [3.63, 3.8) is 0 Å². The first-order valence-corrected chi connectivity index (χ1v) is 6.86. The number of rotatable bonds is 3. The van der Waals surface area contributed by atoms with Gasteiger partial charge >= 0.3 is 0 Å². The largest absolute Gasteiger partial charge is 0.398 e. The molecule has 1 fully saturated rings. The molecule has 1 atom stereocenters. The second-order valence-electron chi connectivity index (χ2n) is 4.13. The molecule has 0 amide bonds. The molecule has 82 valence electrons. The fourth-order valence-corrected chi connectivity index (χ4v) is 3.75. The third kappa shape index (κ3) is 2.59. The van der Waals surface area contributed by atoms with E-state index in [0.717, 1.165) is 24.1 Å². The highest BCUT2D eigenvalue weighted by Gasteiger charge is 2.21. The highest BCUT2D eigenvalue weighted by Crippen LogP contribution is 2.25. The average molecular weight is 223 g/mol. The molecule has 0 aromatic heterocycles. The van der Waals surface area contributed by atoms with Crippen molar-refractivity contribution in [3.05, 3.63) is 29.8 Å². The standard InChI is InChI=1S/C12H17NOS/c13-12-8-4-1-5-10(12)9-15(14)11-6-2-3-7-11/h1,4-5,8,11H,2-3,6-7,9,13H2. The van der Waals surface area contributed by atoms with Gasteiger partial charge in [-0.3, -0.25) is 4.21 Å². The molecular weight excluding hydrogens is 206 g/mol. The minimum absolute atomic E-state index is 0.407. The summed E-state index contributed by atoms with van der Waals surface area (Å²) in [6.07, 6.45) is 4.72. The molecule has 2 N–H and O–H groups in total. The van der Waals surface area contributed by atoms with E-state index in [2.05, 4.69) is 0 Å². The molecule has 1 unspecified atom stereocenters. The van der Waals surface area contributed by atoms with E-state index in [-0.39, 0.29) is 0 Å². The van der Waals surface area contributed by atoms with Crippen molar-refractivity contribution < 1.29 is 4.21 Å². The Labute approximate surface area is 93.3 Å². The van der Waals surface area contributed by atoms with Crippen LogP contribution in [0.5, 0.6) is 0 Å². The quantitative estimate of drug-likeness (QED) is 0.800. The molecule has 1 aromatic rings. The number of benzene rings is 1. The van der Waals surface area contributed by atoms with Gasteiger partial charge in [0, 0.05) is 21.7 Å². The normalized spacial score (nSPS) is 19.2. The number of para-hydroxylation sites is 1. The van der Waals surface area contributed by atoms with Crippen molar-refractivity contribution in [1.29, 1.82) is 0 Å². The summed E-state index contributed by atoms with van der Waals surface area (Å²) in [6, 6.07) is 7.72. The van der Waals surface area contributed by atoms with Gasteiger partial charge in [-0.15, -0.1) is 0 Å². The van der Waals surface area contributed by atoms with Gasteiger partial charge in [0.25, 0.3) is 0 Å². The van der Waals surface area contributed by atoms with Crippen LogP contribution in [-0.2, 0) is 16.6 Å². The van der Waals surface area contributed by atoms with Crippen molar-refractivity contribution in [3.8, 4) is 0 Å². The Morgan fingerprint density at radius 1 is 1.27 bits per heavy atom. The lowest BCUT2D eigenvalue weighted by Gasteiger charge is -2.10. The van der Waals surface area contributed by atoms with Crippen LogP contribution in [-0.4, -0.2) is 9.46 Å². The van der Waals surface area contributed by atoms with Crippen LogP contribution in [0.2, 0.25) is 0 Å². The van der Waals surface area contributed by atoms with E-state index < -0.39 is 10.8 Å². The predicted molar refractivity (Wildman–Crippen MR) is 65.0 cm³/mol. The molecule has 3 heteroatoms. The van der Waals surface area contributed by atoms with Gasteiger partial charge in [-0.2, -0.15) is 0 Å². The second kappa shape index (κ2) is 4.79. The molecule has 0 heterocycles. The SMILES string of the molecule is Nc1ccccc1CS(=O)C1CCCC1. The molecule has 1 aliphatic carbocycles. The molecule has 2 nitrogen and oxygen atoms in total. The molecule has 2 rings (SSSR count). The molecule has 1 aromatic carbocycles. The lowest BCUT2D eigenvalue weighted by molar-refractivity contribution is 0.668. The van der Waals surface area contributed by atoms with Crippen molar-refractivity contribution in [1.82, 2.24) is 0 Å². The Morgan fingerprint density at radius 2 is 1.93 bits per heavy atom. The van der Waals surface area contributed by atoms with E-state index >= 15 is 0 Å². The Morgan fingerprint density at radius 3 is 2.60 bits per heavy atom. The lowest BCUT2D eigenvalue weighted by atomic mass is 10.2. The van der Waals surface area contributed by atoms with Crippen LogP contribution in [0.25, 0.3) is 0 Å². The summed E-state index contributed by atoms with van der Waals surface area (Å²) >= 11 is 0. The van der Waals surface area contributed by atoms with Crippen LogP contribution in [0, 0.1) is 0 Å². The van der Waals surface area contributed by atoms with Crippen LogP contribution < -0.4 is 5.73 Å². The van der Waals surface area contributed by atoms with Gasteiger partial charge in [-0.05, 0) is 24.5 Å². The maximum absolute atomic E-state index is 12.0. The lowest BCUT2D eigenvalue weighted by Crippen LogP contribution is -2.12. The first kappa shape index (κ1) is 10.7. The summed E-state index contributed by atoms with van der Waals surface area (Å²) in [4.78, 5) is 0. The van der Waals surface area contributed by atoms with Crippen LogP contribution in [0.1, 0.15) is 31.2 Å². The Kier molecular flexibility index (Phi) is 3.41. The van der Waals surface area contributed by atoms with Crippen molar-refractivity contribution in [2.45, 2.75) is 36.7 Å². The topological polar surface area (TPSA) is 43.1 Å². The maximum Gasteiger partial charge on any atom is 0.0508 e. The number of anilines is 1. The summed E-state index contributed by atoms with van der Waals surface area (Å²) in [7, 11) is -0.737. The zero-order valence-corrected chi connectivity index (χ0v) is 9.63. The van der Waals surface area contributed by atoms with Crippen LogP contribution in [0.3, 0.4) is 0 Å². The third-order valence-corrected chi connectivity index (χ3v) is 4.84. The zero-order chi connectivity index (χ0) is 10.7. The second-order valence-corrected chi connectivity index (χ2v) is 5.85. The van der Waals surface area contributed by atoms with Gasteiger partial charge < -0.3 is 5.73 Å². The molecule has 0 radical (unpaired) electrons. The summed E-state index contributed by atoms with van der Waals surface area (Å²) in [5.41, 5.74) is 7.63. The van der Waals surface area contributed by atoms with E-state index in [4.69, 9.17) is 5.73 Å². The van der Waals surface area contributed by atoms with Gasteiger partial charge in [0.05, 0.1) is 5.75 Å². The summed E-state index contributed by atoms with van der Waals surface area (Å²) in [6.45, 7) is 0. The summed E-state index contributed by atoms with van der Waals surface area (Å²) in [5, 5.41) is 0.407. The Bertz CT molecular complexity index is 358. The first-order chi connectivity index (χ1) is 7.27. The minimum atomic E-state index is -0.737. The van der Waals surface area contributed by atoms with Crippen molar-refractivity contribution >= 4 is 16.5 Å². The van der Waals surface area contributed by atoms with Gasteiger partial charge in [0.2, 0.25) is 0 Å². The predicted octanol–water partition coefficient (Wildman–Crippen LogP) is 2.46. The van der Waals surface area contributed by atoms with Crippen molar-refractivity contribution in [2.75, 3.05) is 5.73 Å². The maximum atomic E-state index is 12.0. The monoisotopic (exact) mass is 223 g/mol. The molecule has 0 bridgehead atoms. The van der Waals surface area contributed by atoms with Crippen LogP contribution >= 0.6 is 0 Å². The molecule has 0 spiro atoms. The average Bonchev–Trinajstić information content (AvgIpc) is 2.74. The van der Waals surface area contributed by atoms with Crippen LogP contribution in [0.4, 0.5) is 5.69 Å². The Hall–Kier alpha value is -0.830. The van der Waals surface area contributed by atoms with E-state index in [1.807, 2.05) is 24.3 Å². The number of nitrogens with two attached hydrogens (primary N) is 1. The smallest absolute Gasteiger partial charge is 0.0508 e. The van der Waals surface area contributed by atoms with Gasteiger partial charge in [0.1, 0.15) is 0 Å². The number of nitrogen functional groups attached to an aromatic ring is 1. The van der Waals surface area contributed by atoms with Gasteiger partial charge in [0.15, 0.2) is 0 Å². The van der Waals surface area contributed by atoms with E-state index in [1.165, 1.54) is 12.8 Å².